The Morgan fingerprint density at radius 2 is 1.56 bits per heavy atom. The smallest absolute Gasteiger partial charge is 0.440 e. The summed E-state index contributed by atoms with van der Waals surface area (Å²) in [5.74, 6) is 0.852. The molecule has 0 saturated heterocycles. The molecule has 3 heteroatoms. The number of hydrogen-bond donors (Lipinski definition) is 0. The van der Waals surface area contributed by atoms with Gasteiger partial charge in [-0.3, -0.25) is 0 Å². The van der Waals surface area contributed by atoms with E-state index in [1.54, 1.807) is 0 Å². The van der Waals surface area contributed by atoms with Crippen LogP contribution in [0.4, 0.5) is 0 Å². The molecule has 0 radical (unpaired) electrons. The first kappa shape index (κ1) is 18.8. The van der Waals surface area contributed by atoms with Crippen LogP contribution in [0.2, 0.25) is 0 Å². The van der Waals surface area contributed by atoms with Gasteiger partial charge in [0, 0.05) is 0 Å². The molecule has 0 aliphatic carbocycles. The van der Waals surface area contributed by atoms with Crippen molar-refractivity contribution in [1.82, 2.24) is 9.97 Å². The topological polar surface area (TPSA) is 27.0 Å². The van der Waals surface area contributed by atoms with E-state index >= 15 is 0 Å². The molecule has 1 heterocycles. The number of nitrogens with zero attached hydrogens (tertiary/aromatic N) is 2. The Hall–Kier alpha value is 0.495. The molecule has 16 heavy (non-hydrogen) atoms. The average Bonchev–Trinajstić information content (AvgIpc) is 2.63. The summed E-state index contributed by atoms with van der Waals surface area (Å²) < 4.78 is 0. The fraction of sp³-hybridized carbons (Fsp3) is 0.462. The largest absolute Gasteiger partial charge is 1.00 e. The molecule has 2 nitrogen and oxygen atoms in total. The van der Waals surface area contributed by atoms with Gasteiger partial charge in [0.25, 0.3) is 0 Å². The maximum Gasteiger partial charge on any atom is 1.00 e. The standard InChI is InChI=1S/C9H9N2.2C2H6.Rb/c1-6-3-4-8-9(5-6)11-7(2)10-8;2*1-2;/h3-5H,1-2H3;2*1-2H3;/q-1;;;+1. The first-order valence-electron chi connectivity index (χ1n) is 5.63. The van der Waals surface area contributed by atoms with Gasteiger partial charge in [-0.15, -0.1) is 0 Å². The van der Waals surface area contributed by atoms with Crippen molar-refractivity contribution in [2.75, 3.05) is 0 Å². The molecular formula is C13H21N2Rb. The summed E-state index contributed by atoms with van der Waals surface area (Å²) in [7, 11) is 0. The monoisotopic (exact) mass is 290 g/mol. The minimum absolute atomic E-state index is 0. The van der Waals surface area contributed by atoms with Crippen molar-refractivity contribution in [2.24, 2.45) is 0 Å². The summed E-state index contributed by atoms with van der Waals surface area (Å²) in [5.41, 5.74) is 3.23. The van der Waals surface area contributed by atoms with Crippen molar-refractivity contribution in [1.29, 1.82) is 0 Å². The summed E-state index contributed by atoms with van der Waals surface area (Å²) in [5, 5.41) is 0. The van der Waals surface area contributed by atoms with Crippen LogP contribution in [0.3, 0.4) is 0 Å². The third-order valence-corrected chi connectivity index (χ3v) is 1.70. The van der Waals surface area contributed by atoms with Crippen molar-refractivity contribution in [3.63, 3.8) is 0 Å². The zero-order valence-electron chi connectivity index (χ0n) is 11.6. The maximum absolute atomic E-state index is 4.26. The quantitative estimate of drug-likeness (QED) is 0.720. The number of rotatable bonds is 0. The molecular weight excluding hydrogens is 270 g/mol. The Labute approximate surface area is 148 Å². The van der Waals surface area contributed by atoms with E-state index in [1.165, 1.54) is 5.56 Å². The number of aromatic nitrogens is 2. The first-order valence-corrected chi connectivity index (χ1v) is 5.63. The van der Waals surface area contributed by atoms with Gasteiger partial charge in [0.1, 0.15) is 0 Å². The number of benzene rings is 1. The minimum Gasteiger partial charge on any atom is -0.440 e. The van der Waals surface area contributed by atoms with Gasteiger partial charge in [-0.05, 0) is 24.9 Å². The van der Waals surface area contributed by atoms with Crippen LogP contribution in [-0.4, -0.2) is 4.98 Å². The Kier molecular flexibility index (Phi) is 12.5. The number of imidazole rings is 1. The molecule has 84 valence electrons. The van der Waals surface area contributed by atoms with Crippen LogP contribution in [0.1, 0.15) is 39.1 Å². The predicted octanol–water partition coefficient (Wildman–Crippen LogP) is 0.865. The van der Waals surface area contributed by atoms with E-state index in [2.05, 4.69) is 29.0 Å². The second-order valence-corrected chi connectivity index (χ2v) is 2.76. The SMILES string of the molecule is CC.CC.Cc1ccc2[n-]c(C)nc2c1.[Rb+]. The molecule has 0 saturated carbocycles. The molecule has 1 aromatic heterocycles. The molecule has 2 aromatic rings. The van der Waals surface area contributed by atoms with Gasteiger partial charge in [-0.1, -0.05) is 57.3 Å². The van der Waals surface area contributed by atoms with E-state index in [0.717, 1.165) is 16.9 Å². The van der Waals surface area contributed by atoms with Crippen molar-refractivity contribution in [2.45, 2.75) is 41.5 Å². The fourth-order valence-corrected chi connectivity index (χ4v) is 1.19. The second-order valence-electron chi connectivity index (χ2n) is 2.76. The van der Waals surface area contributed by atoms with E-state index in [-0.39, 0.29) is 58.2 Å². The van der Waals surface area contributed by atoms with Gasteiger partial charge in [0.2, 0.25) is 0 Å². The normalized spacial score (nSPS) is 8.12. The van der Waals surface area contributed by atoms with Crippen molar-refractivity contribution >= 4 is 11.0 Å². The van der Waals surface area contributed by atoms with Gasteiger partial charge in [-0.25, -0.2) is 0 Å². The summed E-state index contributed by atoms with van der Waals surface area (Å²) in [6, 6.07) is 6.11. The Morgan fingerprint density at radius 3 is 2.12 bits per heavy atom. The van der Waals surface area contributed by atoms with Crippen LogP contribution in [0.15, 0.2) is 18.2 Å². The molecule has 0 amide bonds. The van der Waals surface area contributed by atoms with Gasteiger partial charge >= 0.3 is 58.2 Å². The van der Waals surface area contributed by atoms with Gasteiger partial charge in [0.15, 0.2) is 0 Å². The fourth-order valence-electron chi connectivity index (χ4n) is 1.19. The maximum atomic E-state index is 4.26. The van der Waals surface area contributed by atoms with Crippen molar-refractivity contribution in [3.05, 3.63) is 29.6 Å². The molecule has 0 fully saturated rings. The summed E-state index contributed by atoms with van der Waals surface area (Å²) in [4.78, 5) is 8.51. The third kappa shape index (κ3) is 5.71. The van der Waals surface area contributed by atoms with Crippen LogP contribution < -0.4 is 63.2 Å². The van der Waals surface area contributed by atoms with Crippen LogP contribution in [-0.2, 0) is 0 Å². The molecule has 0 spiro atoms. The van der Waals surface area contributed by atoms with Crippen molar-refractivity contribution in [3.8, 4) is 0 Å². The van der Waals surface area contributed by atoms with Crippen LogP contribution in [0, 0.1) is 13.8 Å². The predicted molar refractivity (Wildman–Crippen MR) is 67.2 cm³/mol. The van der Waals surface area contributed by atoms with Crippen molar-refractivity contribution < 1.29 is 58.2 Å². The van der Waals surface area contributed by atoms with E-state index < -0.39 is 0 Å². The van der Waals surface area contributed by atoms with Crippen LogP contribution in [0.25, 0.3) is 11.0 Å². The summed E-state index contributed by atoms with van der Waals surface area (Å²) in [6.07, 6.45) is 0. The van der Waals surface area contributed by atoms with Gasteiger partial charge in [0.05, 0.1) is 0 Å². The Bertz CT molecular complexity index is 394. The first-order chi connectivity index (χ1) is 7.25. The molecule has 0 N–H and O–H groups in total. The molecule has 0 bridgehead atoms. The molecule has 0 atom stereocenters. The van der Waals surface area contributed by atoms with E-state index in [4.69, 9.17) is 0 Å². The molecule has 2 rings (SSSR count). The number of aryl methyl sites for hydroxylation is 2. The Balaban J connectivity index is 0. The van der Waals surface area contributed by atoms with E-state index in [1.807, 2.05) is 40.7 Å². The molecule has 0 aliphatic rings. The Morgan fingerprint density at radius 1 is 1.00 bits per heavy atom. The second kappa shape index (κ2) is 10.6. The summed E-state index contributed by atoms with van der Waals surface area (Å²) in [6.45, 7) is 12.0. The zero-order valence-corrected chi connectivity index (χ0v) is 16.5. The van der Waals surface area contributed by atoms with Gasteiger partial charge < -0.3 is 9.97 Å². The van der Waals surface area contributed by atoms with Crippen LogP contribution >= 0.6 is 0 Å². The zero-order chi connectivity index (χ0) is 11.8. The molecule has 0 aliphatic heterocycles. The number of fused-ring (bicyclic) bond motifs is 1. The number of hydrogen-bond acceptors (Lipinski definition) is 1. The third-order valence-electron chi connectivity index (χ3n) is 1.70. The molecule has 0 unspecified atom stereocenters. The van der Waals surface area contributed by atoms with Gasteiger partial charge in [-0.2, -0.15) is 0 Å². The minimum atomic E-state index is 0. The van der Waals surface area contributed by atoms with E-state index in [0.29, 0.717) is 0 Å². The van der Waals surface area contributed by atoms with Crippen LogP contribution in [0.5, 0.6) is 0 Å². The molecule has 1 aromatic carbocycles. The summed E-state index contributed by atoms with van der Waals surface area (Å²) >= 11 is 0. The average molecular weight is 291 g/mol. The van der Waals surface area contributed by atoms with E-state index in [9.17, 15) is 0 Å².